The monoisotopic (exact) mass is 358 g/mol. The highest BCUT2D eigenvalue weighted by atomic mass is 16.5. The lowest BCUT2D eigenvalue weighted by Crippen LogP contribution is -2.33. The molecule has 2 amide bonds. The van der Waals surface area contributed by atoms with E-state index in [1.807, 2.05) is 0 Å². The molecule has 26 heavy (non-hydrogen) atoms. The fraction of sp³-hybridized carbons (Fsp3) is 0.550. The Balaban J connectivity index is 1.54. The fourth-order valence-corrected chi connectivity index (χ4v) is 3.73. The zero-order valence-corrected chi connectivity index (χ0v) is 15.0. The second kappa shape index (κ2) is 8.83. The second-order valence-corrected chi connectivity index (χ2v) is 7.14. The summed E-state index contributed by atoms with van der Waals surface area (Å²) in [6.07, 6.45) is 8.01. The smallest absolute Gasteiger partial charge is 0.309 e. The van der Waals surface area contributed by atoms with E-state index >= 15 is 0 Å². The van der Waals surface area contributed by atoms with Crippen molar-refractivity contribution < 1.29 is 19.1 Å². The first-order valence-electron chi connectivity index (χ1n) is 9.50. The van der Waals surface area contributed by atoms with Gasteiger partial charge in [-0.1, -0.05) is 37.8 Å². The molecule has 3 rings (SSSR count). The van der Waals surface area contributed by atoms with E-state index in [1.165, 1.54) is 0 Å². The SMILES string of the molecule is O=C(COC(=O)C1CCCC1)Nc1ccccc1C(=O)NC1CCCC1. The molecule has 2 saturated carbocycles. The average Bonchev–Trinajstić information content (AvgIpc) is 3.34. The molecule has 140 valence electrons. The van der Waals surface area contributed by atoms with E-state index < -0.39 is 5.91 Å². The van der Waals surface area contributed by atoms with Crippen molar-refractivity contribution in [1.82, 2.24) is 5.32 Å². The number of esters is 1. The summed E-state index contributed by atoms with van der Waals surface area (Å²) in [4.78, 5) is 36.5. The van der Waals surface area contributed by atoms with Gasteiger partial charge in [0.25, 0.3) is 11.8 Å². The molecular weight excluding hydrogens is 332 g/mol. The Morgan fingerprint density at radius 3 is 2.35 bits per heavy atom. The van der Waals surface area contributed by atoms with Gasteiger partial charge >= 0.3 is 5.97 Å². The van der Waals surface area contributed by atoms with E-state index in [9.17, 15) is 14.4 Å². The minimum absolute atomic E-state index is 0.0766. The van der Waals surface area contributed by atoms with Crippen molar-refractivity contribution in [2.24, 2.45) is 5.92 Å². The third-order valence-electron chi connectivity index (χ3n) is 5.17. The van der Waals surface area contributed by atoms with Crippen molar-refractivity contribution in [2.75, 3.05) is 11.9 Å². The van der Waals surface area contributed by atoms with Gasteiger partial charge in [-0.2, -0.15) is 0 Å². The van der Waals surface area contributed by atoms with Gasteiger partial charge in [0.1, 0.15) is 0 Å². The van der Waals surface area contributed by atoms with E-state index in [4.69, 9.17) is 4.74 Å². The van der Waals surface area contributed by atoms with Crippen molar-refractivity contribution in [2.45, 2.75) is 57.4 Å². The normalized spacial score (nSPS) is 17.8. The molecular formula is C20H26N2O4. The van der Waals surface area contributed by atoms with Crippen LogP contribution in [-0.2, 0) is 14.3 Å². The minimum atomic E-state index is -0.433. The van der Waals surface area contributed by atoms with Crippen LogP contribution in [0.2, 0.25) is 0 Å². The summed E-state index contributed by atoms with van der Waals surface area (Å²) in [7, 11) is 0. The van der Waals surface area contributed by atoms with Gasteiger partial charge in [0, 0.05) is 6.04 Å². The van der Waals surface area contributed by atoms with Gasteiger partial charge < -0.3 is 15.4 Å². The molecule has 2 aliphatic carbocycles. The van der Waals surface area contributed by atoms with Crippen LogP contribution in [0.25, 0.3) is 0 Å². The predicted molar refractivity (Wildman–Crippen MR) is 97.7 cm³/mol. The van der Waals surface area contributed by atoms with Crippen LogP contribution < -0.4 is 10.6 Å². The number of ether oxygens (including phenoxy) is 1. The molecule has 0 saturated heterocycles. The minimum Gasteiger partial charge on any atom is -0.455 e. The molecule has 0 atom stereocenters. The average molecular weight is 358 g/mol. The Kier molecular flexibility index (Phi) is 6.26. The first-order chi connectivity index (χ1) is 12.6. The van der Waals surface area contributed by atoms with Crippen LogP contribution in [0.1, 0.15) is 61.7 Å². The second-order valence-electron chi connectivity index (χ2n) is 7.14. The third kappa shape index (κ3) is 4.84. The number of hydrogen-bond donors (Lipinski definition) is 2. The molecule has 2 fully saturated rings. The van der Waals surface area contributed by atoms with Gasteiger partial charge in [-0.05, 0) is 37.8 Å². The highest BCUT2D eigenvalue weighted by Gasteiger charge is 2.25. The molecule has 1 aromatic carbocycles. The Labute approximate surface area is 153 Å². The van der Waals surface area contributed by atoms with Crippen molar-refractivity contribution in [1.29, 1.82) is 0 Å². The lowest BCUT2D eigenvalue weighted by molar-refractivity contribution is -0.151. The number of carbonyl (C=O) groups excluding carboxylic acids is 3. The van der Waals surface area contributed by atoms with E-state index in [-0.39, 0.29) is 30.4 Å². The molecule has 0 bridgehead atoms. The van der Waals surface area contributed by atoms with E-state index in [0.717, 1.165) is 51.4 Å². The molecule has 0 spiro atoms. The summed E-state index contributed by atoms with van der Waals surface area (Å²) in [6, 6.07) is 7.09. The van der Waals surface area contributed by atoms with Crippen LogP contribution in [-0.4, -0.2) is 30.4 Å². The van der Waals surface area contributed by atoms with E-state index in [0.29, 0.717) is 11.3 Å². The third-order valence-corrected chi connectivity index (χ3v) is 5.17. The number of nitrogens with one attached hydrogen (secondary N) is 2. The zero-order chi connectivity index (χ0) is 18.4. The Hall–Kier alpha value is -2.37. The predicted octanol–water partition coefficient (Wildman–Crippen LogP) is 3.03. The molecule has 0 unspecified atom stereocenters. The fourth-order valence-electron chi connectivity index (χ4n) is 3.73. The van der Waals surface area contributed by atoms with Crippen molar-refractivity contribution in [3.05, 3.63) is 29.8 Å². The molecule has 0 aromatic heterocycles. The van der Waals surface area contributed by atoms with Crippen LogP contribution >= 0.6 is 0 Å². The van der Waals surface area contributed by atoms with Gasteiger partial charge in [-0.3, -0.25) is 14.4 Å². The molecule has 2 aliphatic rings. The molecule has 0 aliphatic heterocycles. The van der Waals surface area contributed by atoms with Crippen LogP contribution in [0.3, 0.4) is 0 Å². The van der Waals surface area contributed by atoms with E-state index in [1.54, 1.807) is 24.3 Å². The van der Waals surface area contributed by atoms with Crippen LogP contribution in [0.15, 0.2) is 24.3 Å². The number of amides is 2. The maximum atomic E-state index is 12.5. The molecule has 2 N–H and O–H groups in total. The zero-order valence-electron chi connectivity index (χ0n) is 15.0. The maximum Gasteiger partial charge on any atom is 0.309 e. The number of benzene rings is 1. The summed E-state index contributed by atoms with van der Waals surface area (Å²) < 4.78 is 5.12. The lowest BCUT2D eigenvalue weighted by atomic mass is 10.1. The molecule has 6 heteroatoms. The summed E-state index contributed by atoms with van der Waals surface area (Å²) in [5.41, 5.74) is 0.861. The number of hydrogen-bond acceptors (Lipinski definition) is 4. The molecule has 0 heterocycles. The van der Waals surface area contributed by atoms with Gasteiger partial charge in [0.2, 0.25) is 0 Å². The quantitative estimate of drug-likeness (QED) is 0.766. The number of rotatable bonds is 6. The van der Waals surface area contributed by atoms with E-state index in [2.05, 4.69) is 10.6 Å². The van der Waals surface area contributed by atoms with Crippen molar-refractivity contribution >= 4 is 23.5 Å². The Bertz CT molecular complexity index is 662. The number of para-hydroxylation sites is 1. The number of carbonyl (C=O) groups is 3. The van der Waals surface area contributed by atoms with Gasteiger partial charge in [-0.25, -0.2) is 0 Å². The molecule has 0 radical (unpaired) electrons. The number of anilines is 1. The first-order valence-corrected chi connectivity index (χ1v) is 9.50. The molecule has 1 aromatic rings. The Morgan fingerprint density at radius 2 is 1.62 bits per heavy atom. The van der Waals surface area contributed by atoms with Gasteiger partial charge in [0.05, 0.1) is 17.2 Å². The van der Waals surface area contributed by atoms with Gasteiger partial charge in [-0.15, -0.1) is 0 Å². The van der Waals surface area contributed by atoms with Crippen LogP contribution in [0, 0.1) is 5.92 Å². The summed E-state index contributed by atoms with van der Waals surface area (Å²) in [6.45, 7) is -0.325. The Morgan fingerprint density at radius 1 is 0.962 bits per heavy atom. The topological polar surface area (TPSA) is 84.5 Å². The first kappa shape index (κ1) is 18.4. The van der Waals surface area contributed by atoms with Crippen LogP contribution in [0.4, 0.5) is 5.69 Å². The van der Waals surface area contributed by atoms with Crippen molar-refractivity contribution in [3.8, 4) is 0 Å². The standard InChI is InChI=1S/C20H26N2O4/c23-18(13-26-20(25)14-7-1-2-8-14)22-17-12-6-5-11-16(17)19(24)21-15-9-3-4-10-15/h5-6,11-12,14-15H,1-4,7-10,13H2,(H,21,24)(H,22,23). The van der Waals surface area contributed by atoms with Crippen molar-refractivity contribution in [3.63, 3.8) is 0 Å². The lowest BCUT2D eigenvalue weighted by Gasteiger charge is -2.15. The summed E-state index contributed by atoms with van der Waals surface area (Å²) >= 11 is 0. The van der Waals surface area contributed by atoms with Gasteiger partial charge in [0.15, 0.2) is 6.61 Å². The molecule has 6 nitrogen and oxygen atoms in total. The summed E-state index contributed by atoms with van der Waals surface area (Å²) in [5, 5.41) is 5.71. The largest absolute Gasteiger partial charge is 0.455 e. The highest BCUT2D eigenvalue weighted by molar-refractivity contribution is 6.04. The summed E-state index contributed by atoms with van der Waals surface area (Å²) in [5.74, 6) is -0.995. The highest BCUT2D eigenvalue weighted by Crippen LogP contribution is 2.25. The maximum absolute atomic E-state index is 12.5. The van der Waals surface area contributed by atoms with Crippen LogP contribution in [0.5, 0.6) is 0 Å².